The van der Waals surface area contributed by atoms with Gasteiger partial charge in [-0.2, -0.15) is 9.41 Å². The van der Waals surface area contributed by atoms with Crippen LogP contribution in [0.1, 0.15) is 12.5 Å². The number of likely N-dealkylation sites (N-methyl/N-ethyl adjacent to an activating group) is 1. The van der Waals surface area contributed by atoms with Crippen molar-refractivity contribution in [2.45, 2.75) is 11.8 Å². The molecule has 0 spiro atoms. The number of hydrogen-bond donors (Lipinski definition) is 3. The summed E-state index contributed by atoms with van der Waals surface area (Å²) in [6.07, 6.45) is 1.38. The Labute approximate surface area is 230 Å². The molecule has 0 aliphatic heterocycles. The van der Waals surface area contributed by atoms with Crippen LogP contribution < -0.4 is 20.8 Å². The summed E-state index contributed by atoms with van der Waals surface area (Å²) in [5, 5.41) is 9.58. The summed E-state index contributed by atoms with van der Waals surface area (Å²) in [6.45, 7) is 0.680. The molecule has 3 rings (SSSR count). The molecule has 0 unspecified atom stereocenters. The van der Waals surface area contributed by atoms with E-state index in [2.05, 4.69) is 21.2 Å². The molecule has 0 aromatic heterocycles. The Kier molecular flexibility index (Phi) is 10.1. The minimum Gasteiger partial charge on any atom is -0.484 e. The third-order valence-corrected chi connectivity index (χ3v) is 7.06. The number of anilines is 2. The third-order valence-electron chi connectivity index (χ3n) is 5.01. The summed E-state index contributed by atoms with van der Waals surface area (Å²) in [7, 11) is -2.66. The Morgan fingerprint density at radius 1 is 0.949 bits per heavy atom. The van der Waals surface area contributed by atoms with Crippen molar-refractivity contribution in [3.05, 3.63) is 83.4 Å². The van der Waals surface area contributed by atoms with Crippen LogP contribution in [0.5, 0.6) is 5.75 Å². The summed E-state index contributed by atoms with van der Waals surface area (Å²) in [5.74, 6) is -0.814. The number of nitrogens with one attached hydrogen (secondary N) is 3. The average molecular weight is 572 g/mol. The highest BCUT2D eigenvalue weighted by Crippen LogP contribution is 2.18. The van der Waals surface area contributed by atoms with Crippen molar-refractivity contribution in [3.8, 4) is 5.75 Å². The van der Waals surface area contributed by atoms with Crippen LogP contribution in [0.25, 0.3) is 0 Å². The summed E-state index contributed by atoms with van der Waals surface area (Å²) in [5.41, 5.74) is 3.93. The number of hydrogen-bond acceptors (Lipinski definition) is 7. The van der Waals surface area contributed by atoms with Gasteiger partial charge in [0, 0.05) is 30.4 Å². The normalized spacial score (nSPS) is 11.3. The number of halogens is 1. The van der Waals surface area contributed by atoms with Gasteiger partial charge in [-0.25, -0.2) is 13.8 Å². The standard InChI is InChI=1S/C26H26ClN5O6S/c1-18(33)29-21-8-12-24(13-9-21)39(36,37)32(2)16-25(34)31-28-15-19-6-10-23(11-7-19)38-17-26(35)30-22-5-3-4-20(27)14-22/h3-15H,16-17H2,1-2H3,(H,29,33)(H,30,35)(H,31,34)/b28-15-. The van der Waals surface area contributed by atoms with Crippen LogP contribution in [0.3, 0.4) is 0 Å². The van der Waals surface area contributed by atoms with E-state index in [4.69, 9.17) is 16.3 Å². The highest BCUT2D eigenvalue weighted by atomic mass is 35.5. The summed E-state index contributed by atoms with van der Waals surface area (Å²) < 4.78 is 31.8. The summed E-state index contributed by atoms with van der Waals surface area (Å²) in [4.78, 5) is 35.3. The van der Waals surface area contributed by atoms with E-state index in [1.807, 2.05) is 0 Å². The van der Waals surface area contributed by atoms with Gasteiger partial charge in [-0.15, -0.1) is 0 Å². The molecule has 0 radical (unpaired) electrons. The molecule has 3 amide bonds. The largest absolute Gasteiger partial charge is 0.484 e. The van der Waals surface area contributed by atoms with E-state index < -0.39 is 22.5 Å². The second-order valence-corrected chi connectivity index (χ2v) is 10.7. The molecule has 3 N–H and O–H groups in total. The first-order valence-electron chi connectivity index (χ1n) is 11.5. The highest BCUT2D eigenvalue weighted by Gasteiger charge is 2.22. The van der Waals surface area contributed by atoms with Gasteiger partial charge in [-0.3, -0.25) is 14.4 Å². The van der Waals surface area contributed by atoms with Gasteiger partial charge in [0.25, 0.3) is 11.8 Å². The molecule has 0 atom stereocenters. The van der Waals surface area contributed by atoms with Crippen molar-refractivity contribution in [1.29, 1.82) is 0 Å². The van der Waals surface area contributed by atoms with Crippen molar-refractivity contribution in [1.82, 2.24) is 9.73 Å². The van der Waals surface area contributed by atoms with E-state index in [-0.39, 0.29) is 23.3 Å². The molecule has 3 aromatic rings. The molecule has 11 nitrogen and oxygen atoms in total. The minimum absolute atomic E-state index is 0.0281. The molecule has 0 bridgehead atoms. The molecule has 0 saturated carbocycles. The van der Waals surface area contributed by atoms with Crippen LogP contribution in [0.15, 0.2) is 82.8 Å². The fourth-order valence-electron chi connectivity index (χ4n) is 3.16. The van der Waals surface area contributed by atoms with Gasteiger partial charge in [0.1, 0.15) is 5.75 Å². The number of rotatable bonds is 11. The van der Waals surface area contributed by atoms with E-state index in [1.54, 1.807) is 48.5 Å². The lowest BCUT2D eigenvalue weighted by Gasteiger charge is -2.16. The van der Waals surface area contributed by atoms with Gasteiger partial charge in [-0.05, 0) is 72.3 Å². The van der Waals surface area contributed by atoms with Crippen molar-refractivity contribution in [2.24, 2.45) is 5.10 Å². The number of hydrazone groups is 1. The third kappa shape index (κ3) is 9.21. The number of nitrogens with zero attached hydrogens (tertiary/aromatic N) is 2. The number of benzene rings is 3. The van der Waals surface area contributed by atoms with E-state index in [0.29, 0.717) is 27.7 Å². The van der Waals surface area contributed by atoms with Crippen molar-refractivity contribution < 1.29 is 27.5 Å². The molecule has 0 aliphatic rings. The Hall–Kier alpha value is -4.26. The van der Waals surface area contributed by atoms with Crippen molar-refractivity contribution in [2.75, 3.05) is 30.8 Å². The van der Waals surface area contributed by atoms with E-state index in [0.717, 1.165) is 4.31 Å². The highest BCUT2D eigenvalue weighted by molar-refractivity contribution is 7.89. The molecular formula is C26H26ClN5O6S. The predicted molar refractivity (Wildman–Crippen MR) is 148 cm³/mol. The quantitative estimate of drug-likeness (QED) is 0.238. The van der Waals surface area contributed by atoms with E-state index >= 15 is 0 Å². The molecule has 0 aliphatic carbocycles. The van der Waals surface area contributed by atoms with Gasteiger partial charge in [0.2, 0.25) is 15.9 Å². The van der Waals surface area contributed by atoms with Crippen LogP contribution in [0.4, 0.5) is 11.4 Å². The monoisotopic (exact) mass is 571 g/mol. The first-order chi connectivity index (χ1) is 18.5. The molecule has 204 valence electrons. The van der Waals surface area contributed by atoms with Crippen molar-refractivity contribution in [3.63, 3.8) is 0 Å². The number of ether oxygens (including phenoxy) is 1. The minimum atomic E-state index is -3.93. The van der Waals surface area contributed by atoms with Crippen LogP contribution in [-0.4, -0.2) is 56.9 Å². The Balaban J connectivity index is 1.45. The van der Waals surface area contributed by atoms with Crippen LogP contribution >= 0.6 is 11.6 Å². The maximum Gasteiger partial charge on any atom is 0.262 e. The molecule has 0 heterocycles. The molecule has 13 heteroatoms. The van der Waals surface area contributed by atoms with Crippen molar-refractivity contribution >= 4 is 56.9 Å². The number of sulfonamides is 1. The summed E-state index contributed by atoms with van der Waals surface area (Å²) >= 11 is 5.90. The zero-order valence-electron chi connectivity index (χ0n) is 21.0. The number of carbonyl (C=O) groups excluding carboxylic acids is 3. The first kappa shape index (κ1) is 29.3. The summed E-state index contributed by atoms with van der Waals surface area (Å²) in [6, 6.07) is 18.9. The van der Waals surface area contributed by atoms with Crippen LogP contribution in [0.2, 0.25) is 5.02 Å². The second kappa shape index (κ2) is 13.5. The predicted octanol–water partition coefficient (Wildman–Crippen LogP) is 3.09. The zero-order valence-corrected chi connectivity index (χ0v) is 22.6. The fraction of sp³-hybridized carbons (Fsp3) is 0.154. The molecule has 0 saturated heterocycles. The zero-order chi connectivity index (χ0) is 28.4. The van der Waals surface area contributed by atoms with Gasteiger partial charge in [-0.1, -0.05) is 17.7 Å². The maximum absolute atomic E-state index is 12.7. The molecule has 39 heavy (non-hydrogen) atoms. The van der Waals surface area contributed by atoms with Crippen LogP contribution in [-0.2, 0) is 24.4 Å². The van der Waals surface area contributed by atoms with Gasteiger partial charge in [0.15, 0.2) is 6.61 Å². The number of carbonyl (C=O) groups is 3. The number of amides is 3. The average Bonchev–Trinajstić information content (AvgIpc) is 2.88. The topological polar surface area (TPSA) is 146 Å². The molecular weight excluding hydrogens is 546 g/mol. The van der Waals surface area contributed by atoms with Crippen LogP contribution in [0, 0.1) is 0 Å². The molecule has 0 fully saturated rings. The van der Waals surface area contributed by atoms with Gasteiger partial charge in [0.05, 0.1) is 17.7 Å². The van der Waals surface area contributed by atoms with E-state index in [9.17, 15) is 22.8 Å². The second-order valence-electron chi connectivity index (χ2n) is 8.18. The lowest BCUT2D eigenvalue weighted by Crippen LogP contribution is -2.36. The maximum atomic E-state index is 12.7. The smallest absolute Gasteiger partial charge is 0.262 e. The lowest BCUT2D eigenvalue weighted by molar-refractivity contribution is -0.121. The SMILES string of the molecule is CC(=O)Nc1ccc(S(=O)(=O)N(C)CC(=O)N/N=C\c2ccc(OCC(=O)Nc3cccc(Cl)c3)cc2)cc1. The first-order valence-corrected chi connectivity index (χ1v) is 13.3. The lowest BCUT2D eigenvalue weighted by atomic mass is 10.2. The Morgan fingerprint density at radius 3 is 2.28 bits per heavy atom. The molecule has 3 aromatic carbocycles. The Bertz CT molecular complexity index is 1460. The Morgan fingerprint density at radius 2 is 1.64 bits per heavy atom. The fourth-order valence-corrected chi connectivity index (χ4v) is 4.47. The van der Waals surface area contributed by atoms with Gasteiger partial charge < -0.3 is 15.4 Å². The van der Waals surface area contributed by atoms with Gasteiger partial charge >= 0.3 is 0 Å². The van der Waals surface area contributed by atoms with E-state index in [1.165, 1.54) is 44.5 Å².